The van der Waals surface area contributed by atoms with Gasteiger partial charge < -0.3 is 0 Å². The van der Waals surface area contributed by atoms with Crippen molar-refractivity contribution in [1.29, 1.82) is 5.26 Å². The summed E-state index contributed by atoms with van der Waals surface area (Å²) in [6, 6.07) is 10.9. The highest BCUT2D eigenvalue weighted by Gasteiger charge is 2.51. The lowest BCUT2D eigenvalue weighted by Gasteiger charge is -2.49. The molecule has 3 rings (SSSR count). The number of hydrogen-bond donors (Lipinski definition) is 1. The molecule has 4 unspecified atom stereocenters. The minimum Gasteiger partial charge on any atom is -0.292 e. The standard InChI is InChI=1S/C19H25ClN4S/c1-4-5-6-15-11-19(2,13-7-9-14(20)10-8-13)24-17(22-15)16(12-21)18(23-24)25-3/h7-10,15-17,22H,4-6,11H2,1-3H3. The molecule has 0 aromatic heterocycles. The lowest BCUT2D eigenvalue weighted by molar-refractivity contribution is -0.0163. The highest BCUT2D eigenvalue weighted by atomic mass is 35.5. The Morgan fingerprint density at radius 2 is 2.16 bits per heavy atom. The molecular weight excluding hydrogens is 352 g/mol. The van der Waals surface area contributed by atoms with Gasteiger partial charge in [0.15, 0.2) is 0 Å². The lowest BCUT2D eigenvalue weighted by atomic mass is 9.80. The van der Waals surface area contributed by atoms with Gasteiger partial charge in [0.1, 0.15) is 17.1 Å². The monoisotopic (exact) mass is 376 g/mol. The summed E-state index contributed by atoms with van der Waals surface area (Å²) in [5, 5.41) is 22.0. The molecule has 1 saturated heterocycles. The molecule has 6 heteroatoms. The number of nitrogens with zero attached hydrogens (tertiary/aromatic N) is 3. The summed E-state index contributed by atoms with van der Waals surface area (Å²) < 4.78 is 0. The fraction of sp³-hybridized carbons (Fsp3) is 0.579. The Kier molecular flexibility index (Phi) is 5.62. The zero-order valence-electron chi connectivity index (χ0n) is 15.0. The van der Waals surface area contributed by atoms with Crippen molar-refractivity contribution in [1.82, 2.24) is 10.3 Å². The van der Waals surface area contributed by atoms with Crippen LogP contribution in [-0.2, 0) is 5.54 Å². The van der Waals surface area contributed by atoms with Crippen molar-refractivity contribution in [3.05, 3.63) is 34.9 Å². The molecule has 4 atom stereocenters. The average Bonchev–Trinajstić information content (AvgIpc) is 2.99. The molecule has 1 N–H and O–H groups in total. The molecule has 4 nitrogen and oxygen atoms in total. The van der Waals surface area contributed by atoms with E-state index in [1.807, 2.05) is 18.4 Å². The van der Waals surface area contributed by atoms with E-state index in [-0.39, 0.29) is 17.6 Å². The van der Waals surface area contributed by atoms with Crippen LogP contribution in [0.5, 0.6) is 0 Å². The first kappa shape index (κ1) is 18.6. The van der Waals surface area contributed by atoms with Crippen LogP contribution in [0.25, 0.3) is 0 Å². The highest BCUT2D eigenvalue weighted by molar-refractivity contribution is 8.13. The van der Waals surface area contributed by atoms with E-state index < -0.39 is 0 Å². The molecule has 25 heavy (non-hydrogen) atoms. The molecule has 0 spiro atoms. The van der Waals surface area contributed by atoms with Crippen LogP contribution < -0.4 is 5.32 Å². The minimum atomic E-state index is -0.245. The van der Waals surface area contributed by atoms with Gasteiger partial charge in [-0.2, -0.15) is 10.4 Å². The molecule has 2 aliphatic rings. The molecule has 0 radical (unpaired) electrons. The number of fused-ring (bicyclic) bond motifs is 1. The topological polar surface area (TPSA) is 51.4 Å². The Bertz CT molecular complexity index is 684. The highest BCUT2D eigenvalue weighted by Crippen LogP contribution is 2.44. The Balaban J connectivity index is 2.00. The molecule has 2 heterocycles. The van der Waals surface area contributed by atoms with Crippen molar-refractivity contribution in [2.24, 2.45) is 11.0 Å². The summed E-state index contributed by atoms with van der Waals surface area (Å²) >= 11 is 7.67. The number of nitrogens with one attached hydrogen (secondary N) is 1. The second-order valence-electron chi connectivity index (χ2n) is 7.03. The zero-order chi connectivity index (χ0) is 18.0. The van der Waals surface area contributed by atoms with Crippen LogP contribution in [0.2, 0.25) is 5.02 Å². The second-order valence-corrected chi connectivity index (χ2v) is 8.29. The first-order valence-electron chi connectivity index (χ1n) is 8.87. The van der Waals surface area contributed by atoms with Crippen LogP contribution in [0.3, 0.4) is 0 Å². The fourth-order valence-corrected chi connectivity index (χ4v) is 4.68. The number of hydrogen-bond acceptors (Lipinski definition) is 5. The van der Waals surface area contributed by atoms with Crippen molar-refractivity contribution in [3.63, 3.8) is 0 Å². The maximum atomic E-state index is 9.72. The Labute approximate surface area is 159 Å². The summed E-state index contributed by atoms with van der Waals surface area (Å²) in [6.07, 6.45) is 6.39. The summed E-state index contributed by atoms with van der Waals surface area (Å²) in [5.74, 6) is -0.217. The third-order valence-electron chi connectivity index (χ3n) is 5.33. The van der Waals surface area contributed by atoms with Crippen LogP contribution in [-0.4, -0.2) is 28.5 Å². The number of thioether (sulfide) groups is 1. The van der Waals surface area contributed by atoms with E-state index in [1.54, 1.807) is 11.8 Å². The first-order valence-corrected chi connectivity index (χ1v) is 10.5. The fourth-order valence-electron chi connectivity index (χ4n) is 3.95. The molecule has 0 aliphatic carbocycles. The summed E-state index contributed by atoms with van der Waals surface area (Å²) in [5.41, 5.74) is 0.957. The molecule has 1 aromatic rings. The lowest BCUT2D eigenvalue weighted by Crippen LogP contribution is -2.62. The Hall–Kier alpha value is -1.22. The normalized spacial score (nSPS) is 31.4. The van der Waals surface area contributed by atoms with Crippen molar-refractivity contribution >= 4 is 28.4 Å². The molecule has 2 aliphatic heterocycles. The quantitative estimate of drug-likeness (QED) is 0.836. The van der Waals surface area contributed by atoms with Crippen LogP contribution >= 0.6 is 23.4 Å². The van der Waals surface area contributed by atoms with Gasteiger partial charge in [0, 0.05) is 11.1 Å². The van der Waals surface area contributed by atoms with Gasteiger partial charge in [-0.3, -0.25) is 10.3 Å². The predicted molar refractivity (Wildman–Crippen MR) is 106 cm³/mol. The molecule has 134 valence electrons. The van der Waals surface area contributed by atoms with E-state index in [4.69, 9.17) is 16.7 Å². The molecule has 1 aromatic carbocycles. The third kappa shape index (κ3) is 3.40. The molecule has 0 bridgehead atoms. The van der Waals surface area contributed by atoms with E-state index in [0.717, 1.165) is 22.9 Å². The van der Waals surface area contributed by atoms with Gasteiger partial charge in [-0.1, -0.05) is 43.5 Å². The molecule has 1 fully saturated rings. The number of rotatable bonds is 4. The van der Waals surface area contributed by atoms with Gasteiger partial charge in [0.2, 0.25) is 0 Å². The van der Waals surface area contributed by atoms with Crippen LogP contribution in [0.1, 0.15) is 45.1 Å². The summed E-state index contributed by atoms with van der Waals surface area (Å²) in [4.78, 5) is 0. The third-order valence-corrected chi connectivity index (χ3v) is 6.33. The Morgan fingerprint density at radius 3 is 2.76 bits per heavy atom. The van der Waals surface area contributed by atoms with E-state index in [2.05, 4.69) is 42.4 Å². The maximum absolute atomic E-state index is 9.72. The molecule has 0 saturated carbocycles. The smallest absolute Gasteiger partial charge is 0.131 e. The minimum absolute atomic E-state index is 0.0660. The van der Waals surface area contributed by atoms with Crippen LogP contribution in [0, 0.1) is 17.2 Å². The number of hydrazone groups is 1. The van der Waals surface area contributed by atoms with Crippen LogP contribution in [0.4, 0.5) is 0 Å². The number of unbranched alkanes of at least 4 members (excludes halogenated alkanes) is 1. The van der Waals surface area contributed by atoms with Gasteiger partial charge in [-0.05, 0) is 43.7 Å². The number of benzene rings is 1. The maximum Gasteiger partial charge on any atom is 0.131 e. The van der Waals surface area contributed by atoms with E-state index >= 15 is 0 Å². The zero-order valence-corrected chi connectivity index (χ0v) is 16.6. The van der Waals surface area contributed by atoms with Crippen molar-refractivity contribution in [3.8, 4) is 6.07 Å². The van der Waals surface area contributed by atoms with Crippen LogP contribution in [0.15, 0.2) is 29.4 Å². The van der Waals surface area contributed by atoms with Gasteiger partial charge in [0.25, 0.3) is 0 Å². The van der Waals surface area contributed by atoms with Crippen molar-refractivity contribution in [2.45, 2.75) is 57.3 Å². The number of nitriles is 1. The van der Waals surface area contributed by atoms with Gasteiger partial charge in [0.05, 0.1) is 11.6 Å². The van der Waals surface area contributed by atoms with Gasteiger partial charge in [-0.15, -0.1) is 11.8 Å². The second kappa shape index (κ2) is 7.57. The van der Waals surface area contributed by atoms with Gasteiger partial charge in [-0.25, -0.2) is 0 Å². The van der Waals surface area contributed by atoms with E-state index in [1.165, 1.54) is 18.4 Å². The first-order chi connectivity index (χ1) is 12.0. The van der Waals surface area contributed by atoms with E-state index in [0.29, 0.717) is 6.04 Å². The Morgan fingerprint density at radius 1 is 1.44 bits per heavy atom. The largest absolute Gasteiger partial charge is 0.292 e. The summed E-state index contributed by atoms with van der Waals surface area (Å²) in [6.45, 7) is 4.46. The molecule has 0 amide bonds. The van der Waals surface area contributed by atoms with Crippen molar-refractivity contribution in [2.75, 3.05) is 6.26 Å². The summed E-state index contributed by atoms with van der Waals surface area (Å²) in [7, 11) is 0. The SMILES string of the molecule is CCCCC1CC(C)(c2ccc(Cl)cc2)N2N=C(SC)C(C#N)C2N1. The van der Waals surface area contributed by atoms with E-state index in [9.17, 15) is 5.26 Å². The van der Waals surface area contributed by atoms with Crippen molar-refractivity contribution < 1.29 is 0 Å². The number of halogens is 1. The van der Waals surface area contributed by atoms with Gasteiger partial charge >= 0.3 is 0 Å². The predicted octanol–water partition coefficient (Wildman–Crippen LogP) is 4.57. The molecular formula is C19H25ClN4S. The average molecular weight is 377 g/mol.